The van der Waals surface area contributed by atoms with E-state index in [0.29, 0.717) is 23.6 Å². The molecule has 0 spiro atoms. The van der Waals surface area contributed by atoms with Gasteiger partial charge in [-0.25, -0.2) is 0 Å². The first-order valence-electron chi connectivity index (χ1n) is 7.15. The van der Waals surface area contributed by atoms with Crippen LogP contribution in [0, 0.1) is 5.41 Å². The van der Waals surface area contributed by atoms with Gasteiger partial charge >= 0.3 is 0 Å². The molecule has 0 atom stereocenters. The van der Waals surface area contributed by atoms with Gasteiger partial charge in [0, 0.05) is 5.41 Å². The Balaban J connectivity index is 2.03. The maximum absolute atomic E-state index is 10.6. The van der Waals surface area contributed by atoms with E-state index in [1.165, 1.54) is 0 Å². The van der Waals surface area contributed by atoms with Gasteiger partial charge in [-0.05, 0) is 31.1 Å². The van der Waals surface area contributed by atoms with E-state index in [2.05, 4.69) is 44.8 Å². The van der Waals surface area contributed by atoms with Crippen LogP contribution in [0.5, 0.6) is 0 Å². The van der Waals surface area contributed by atoms with Crippen molar-refractivity contribution in [1.82, 2.24) is 10.1 Å². The van der Waals surface area contributed by atoms with Gasteiger partial charge in [0.2, 0.25) is 5.89 Å². The van der Waals surface area contributed by atoms with Gasteiger partial charge in [0.15, 0.2) is 5.82 Å². The third kappa shape index (κ3) is 3.56. The van der Waals surface area contributed by atoms with Crippen LogP contribution in [0.2, 0.25) is 0 Å². The Kier molecular flexibility index (Phi) is 3.50. The largest absolute Gasteiger partial charge is 0.389 e. The number of aromatic nitrogens is 2. The van der Waals surface area contributed by atoms with Crippen LogP contribution in [0.3, 0.4) is 0 Å². The topological polar surface area (TPSA) is 59.2 Å². The van der Waals surface area contributed by atoms with Gasteiger partial charge in [0.25, 0.3) is 0 Å². The average molecular weight is 266 g/mol. The number of aliphatic hydroxyl groups is 1. The highest BCUT2D eigenvalue weighted by atomic mass is 16.5. The summed E-state index contributed by atoms with van der Waals surface area (Å²) in [5, 5.41) is 14.7. The summed E-state index contributed by atoms with van der Waals surface area (Å²) in [5.41, 5.74) is -0.437. The third-order valence-corrected chi connectivity index (χ3v) is 4.15. The van der Waals surface area contributed by atoms with Crippen LogP contribution >= 0.6 is 0 Å². The van der Waals surface area contributed by atoms with E-state index < -0.39 is 5.60 Å². The van der Waals surface area contributed by atoms with Crippen molar-refractivity contribution < 1.29 is 9.63 Å². The molecular formula is C15H26N2O2. The van der Waals surface area contributed by atoms with E-state index in [4.69, 9.17) is 4.52 Å². The molecule has 1 aromatic heterocycles. The lowest BCUT2D eigenvalue weighted by Crippen LogP contribution is -2.38. The SMILES string of the molecule is CC1(C)CCC(O)(Cc2nc(C(C)(C)C)no2)CC1. The first-order valence-corrected chi connectivity index (χ1v) is 7.15. The molecule has 1 heterocycles. The van der Waals surface area contributed by atoms with Crippen molar-refractivity contribution in [1.29, 1.82) is 0 Å². The molecule has 0 bridgehead atoms. The van der Waals surface area contributed by atoms with Crippen molar-refractivity contribution in [2.24, 2.45) is 5.41 Å². The number of rotatable bonds is 2. The van der Waals surface area contributed by atoms with Gasteiger partial charge in [-0.2, -0.15) is 4.98 Å². The number of hydrogen-bond donors (Lipinski definition) is 1. The van der Waals surface area contributed by atoms with Crippen molar-refractivity contribution in [2.75, 3.05) is 0 Å². The summed E-state index contributed by atoms with van der Waals surface area (Å²) >= 11 is 0. The van der Waals surface area contributed by atoms with E-state index >= 15 is 0 Å². The van der Waals surface area contributed by atoms with Crippen LogP contribution in [-0.2, 0) is 11.8 Å². The molecule has 0 radical (unpaired) electrons. The molecular weight excluding hydrogens is 240 g/mol. The molecule has 1 aromatic rings. The van der Waals surface area contributed by atoms with Crippen LogP contribution in [-0.4, -0.2) is 20.8 Å². The molecule has 108 valence electrons. The maximum atomic E-state index is 10.6. The number of nitrogens with zero attached hydrogens (tertiary/aromatic N) is 2. The maximum Gasteiger partial charge on any atom is 0.229 e. The normalized spacial score (nSPS) is 22.4. The van der Waals surface area contributed by atoms with Crippen molar-refractivity contribution in [3.63, 3.8) is 0 Å². The van der Waals surface area contributed by atoms with Crippen LogP contribution in [0.1, 0.15) is 72.0 Å². The number of hydrogen-bond acceptors (Lipinski definition) is 4. The van der Waals surface area contributed by atoms with Crippen molar-refractivity contribution in [2.45, 2.75) is 77.7 Å². The second-order valence-corrected chi connectivity index (χ2v) is 7.83. The highest BCUT2D eigenvalue weighted by Gasteiger charge is 2.38. The summed E-state index contributed by atoms with van der Waals surface area (Å²) in [6.45, 7) is 10.7. The zero-order valence-electron chi connectivity index (χ0n) is 12.8. The second kappa shape index (κ2) is 4.58. The first-order chi connectivity index (χ1) is 8.60. The summed E-state index contributed by atoms with van der Waals surface area (Å²) in [5.74, 6) is 1.27. The van der Waals surface area contributed by atoms with E-state index in [0.717, 1.165) is 25.7 Å². The van der Waals surface area contributed by atoms with Crippen LogP contribution < -0.4 is 0 Å². The molecule has 1 aliphatic carbocycles. The lowest BCUT2D eigenvalue weighted by Gasteiger charge is -2.39. The molecule has 1 fully saturated rings. The van der Waals surface area contributed by atoms with Crippen molar-refractivity contribution >= 4 is 0 Å². The van der Waals surface area contributed by atoms with Crippen LogP contribution in [0.25, 0.3) is 0 Å². The summed E-state index contributed by atoms with van der Waals surface area (Å²) in [7, 11) is 0. The molecule has 2 rings (SSSR count). The second-order valence-electron chi connectivity index (χ2n) is 7.83. The van der Waals surface area contributed by atoms with Gasteiger partial charge in [0.1, 0.15) is 0 Å². The smallest absolute Gasteiger partial charge is 0.229 e. The Hall–Kier alpha value is -0.900. The Morgan fingerprint density at radius 2 is 1.74 bits per heavy atom. The Labute approximate surface area is 115 Å². The first kappa shape index (κ1) is 14.5. The van der Waals surface area contributed by atoms with E-state index in [1.54, 1.807) is 0 Å². The van der Waals surface area contributed by atoms with E-state index in [-0.39, 0.29) is 5.41 Å². The molecule has 0 unspecified atom stereocenters. The van der Waals surface area contributed by atoms with Gasteiger partial charge in [-0.15, -0.1) is 0 Å². The molecule has 0 aliphatic heterocycles. The minimum absolute atomic E-state index is 0.112. The zero-order valence-corrected chi connectivity index (χ0v) is 12.8. The minimum atomic E-state index is -0.669. The van der Waals surface area contributed by atoms with E-state index in [9.17, 15) is 5.11 Å². The fraction of sp³-hybridized carbons (Fsp3) is 0.867. The summed E-state index contributed by atoms with van der Waals surface area (Å²) in [4.78, 5) is 4.42. The predicted octanol–water partition coefficient (Wildman–Crippen LogP) is 3.24. The van der Waals surface area contributed by atoms with Crippen molar-refractivity contribution in [3.05, 3.63) is 11.7 Å². The monoisotopic (exact) mass is 266 g/mol. The Morgan fingerprint density at radius 1 is 1.16 bits per heavy atom. The minimum Gasteiger partial charge on any atom is -0.389 e. The molecule has 1 N–H and O–H groups in total. The molecule has 4 nitrogen and oxygen atoms in total. The highest BCUT2D eigenvalue weighted by Crippen LogP contribution is 2.41. The molecule has 0 aromatic carbocycles. The van der Waals surface area contributed by atoms with Crippen molar-refractivity contribution in [3.8, 4) is 0 Å². The Bertz CT molecular complexity index is 433. The van der Waals surface area contributed by atoms with Gasteiger partial charge in [0.05, 0.1) is 12.0 Å². The van der Waals surface area contributed by atoms with E-state index in [1.807, 2.05) is 0 Å². The molecule has 1 saturated carbocycles. The standard InChI is InChI=1S/C15H26N2O2/c1-13(2,3)12-16-11(19-17-12)10-15(18)8-6-14(4,5)7-9-15/h18H,6-10H2,1-5H3. The highest BCUT2D eigenvalue weighted by molar-refractivity contribution is 5.02. The fourth-order valence-corrected chi connectivity index (χ4v) is 2.48. The zero-order chi connectivity index (χ0) is 14.3. The summed E-state index contributed by atoms with van der Waals surface area (Å²) in [6, 6.07) is 0. The molecule has 0 saturated heterocycles. The molecule has 4 heteroatoms. The quantitative estimate of drug-likeness (QED) is 0.892. The molecule has 0 amide bonds. The molecule has 1 aliphatic rings. The van der Waals surface area contributed by atoms with Crippen LogP contribution in [0.15, 0.2) is 4.52 Å². The summed E-state index contributed by atoms with van der Waals surface area (Å²) in [6.07, 6.45) is 4.19. The fourth-order valence-electron chi connectivity index (χ4n) is 2.48. The molecule has 19 heavy (non-hydrogen) atoms. The van der Waals surface area contributed by atoms with Crippen LogP contribution in [0.4, 0.5) is 0 Å². The van der Waals surface area contributed by atoms with Gasteiger partial charge in [-0.3, -0.25) is 0 Å². The average Bonchev–Trinajstić information content (AvgIpc) is 2.71. The van der Waals surface area contributed by atoms with Gasteiger partial charge < -0.3 is 9.63 Å². The lowest BCUT2D eigenvalue weighted by atomic mass is 9.70. The van der Waals surface area contributed by atoms with Gasteiger partial charge in [-0.1, -0.05) is 39.8 Å². The predicted molar refractivity (Wildman–Crippen MR) is 73.9 cm³/mol. The third-order valence-electron chi connectivity index (χ3n) is 4.15. The summed E-state index contributed by atoms with van der Waals surface area (Å²) < 4.78 is 5.29. The Morgan fingerprint density at radius 3 is 2.21 bits per heavy atom. The lowest BCUT2D eigenvalue weighted by molar-refractivity contribution is -0.0301.